The van der Waals surface area contributed by atoms with Gasteiger partial charge in [-0.3, -0.25) is 0 Å². The van der Waals surface area contributed by atoms with Gasteiger partial charge < -0.3 is 102 Å². The van der Waals surface area contributed by atoms with Crippen LogP contribution < -0.4 is 102 Å². The minimum atomic E-state index is 0. The summed E-state index contributed by atoms with van der Waals surface area (Å²) in [6.07, 6.45) is 0. The summed E-state index contributed by atoms with van der Waals surface area (Å²) in [5.41, 5.74) is 4.50. The third-order valence-electron chi connectivity index (χ3n) is 0. The van der Waals surface area contributed by atoms with Gasteiger partial charge in [-0.1, -0.05) is 0 Å². The van der Waals surface area contributed by atoms with E-state index in [1.54, 1.807) is 0 Å². The monoisotopic (exact) mass is 787 g/mol. The minimum Gasteiger partial charge on any atom is -1.00 e. The molecule has 0 heterocycles. The van der Waals surface area contributed by atoms with E-state index in [0.29, 0.717) is 0 Å². The minimum absolute atomic E-state index is 0. The molecule has 2 N–H and O–H groups in total. The van der Waals surface area contributed by atoms with E-state index in [0.717, 1.165) is 0 Å². The Balaban J connectivity index is -0.000000000333. The van der Waals surface area contributed by atoms with Gasteiger partial charge in [-0.15, -0.1) is 0 Å². The van der Waals surface area contributed by atoms with Gasteiger partial charge in [0.25, 0.3) is 0 Å². The molecule has 0 unspecified atom stereocenters. The SMILES string of the molecule is CN.[Ca+2].[I-].[I-].[I-].[I-].[Pb+2]. The predicted octanol–water partition coefficient (Wildman–Crippen LogP) is -13.2. The van der Waals surface area contributed by atoms with Crippen molar-refractivity contribution in [3.8, 4) is 0 Å². The Kier molecular flexibility index (Phi) is 372. The van der Waals surface area contributed by atoms with Crippen LogP contribution in [0.4, 0.5) is 0 Å². The molecular formula is CH5CaI4NPb. The summed E-state index contributed by atoms with van der Waals surface area (Å²) >= 11 is 0. The molecule has 0 rings (SSSR count). The van der Waals surface area contributed by atoms with Crippen molar-refractivity contribution in [1.82, 2.24) is 0 Å². The second-order valence-corrected chi connectivity index (χ2v) is 0. The van der Waals surface area contributed by atoms with Crippen LogP contribution in [0.3, 0.4) is 0 Å². The van der Waals surface area contributed by atoms with Crippen LogP contribution >= 0.6 is 0 Å². The van der Waals surface area contributed by atoms with Gasteiger partial charge in [-0.2, -0.15) is 0 Å². The van der Waals surface area contributed by atoms with Gasteiger partial charge in [-0.05, 0) is 7.05 Å². The Morgan fingerprint density at radius 2 is 0.750 bits per heavy atom. The molecule has 0 fully saturated rings. The Labute approximate surface area is 169 Å². The van der Waals surface area contributed by atoms with E-state index >= 15 is 0 Å². The number of hydrogen-bond acceptors (Lipinski definition) is 1. The van der Waals surface area contributed by atoms with E-state index < -0.39 is 0 Å². The number of hydrogen-bond donors (Lipinski definition) is 1. The molecule has 0 aromatic rings. The summed E-state index contributed by atoms with van der Waals surface area (Å²) in [6.45, 7) is 0. The third-order valence-corrected chi connectivity index (χ3v) is 0. The molecule has 0 aromatic heterocycles. The Bertz CT molecular complexity index is 16.0. The molecule has 0 aliphatic rings. The van der Waals surface area contributed by atoms with Crippen LogP contribution in [-0.2, 0) is 0 Å². The van der Waals surface area contributed by atoms with E-state index in [1.807, 2.05) is 0 Å². The zero-order chi connectivity index (χ0) is 2.00. The molecule has 48 valence electrons. The van der Waals surface area contributed by atoms with Crippen LogP contribution in [0.15, 0.2) is 0 Å². The van der Waals surface area contributed by atoms with Gasteiger partial charge in [0, 0.05) is 0 Å². The number of nitrogens with two attached hydrogens (primary N) is 1. The largest absolute Gasteiger partial charge is 2.00 e. The van der Waals surface area contributed by atoms with Crippen LogP contribution in [0.5, 0.6) is 0 Å². The molecule has 2 radical (unpaired) electrons. The summed E-state index contributed by atoms with van der Waals surface area (Å²) in [7, 11) is 1.50. The first-order valence-electron chi connectivity index (χ1n) is 0.577. The molecule has 0 amide bonds. The first kappa shape index (κ1) is 51.7. The molecule has 0 saturated carbocycles. The summed E-state index contributed by atoms with van der Waals surface area (Å²) in [5.74, 6) is 0. The second-order valence-electron chi connectivity index (χ2n) is 0. The fourth-order valence-corrected chi connectivity index (χ4v) is 0. The standard InChI is InChI=1S/CH5N.Ca.4HI.Pb/c1-2;;;;;;/h2H2,1H3;;4*1H;/q;+2;;;;;+2/p-4. The van der Waals surface area contributed by atoms with Crippen LogP contribution in [-0.4, -0.2) is 72.1 Å². The van der Waals surface area contributed by atoms with Gasteiger partial charge in [0.15, 0.2) is 0 Å². The van der Waals surface area contributed by atoms with Crippen molar-refractivity contribution in [2.45, 2.75) is 0 Å². The van der Waals surface area contributed by atoms with Gasteiger partial charge in [0.1, 0.15) is 0 Å². The molecule has 0 atom stereocenters. The van der Waals surface area contributed by atoms with Crippen molar-refractivity contribution in [3.63, 3.8) is 0 Å². The fourth-order valence-electron chi connectivity index (χ4n) is 0. The zero-order valence-electron chi connectivity index (χ0n) is 4.30. The van der Waals surface area contributed by atoms with E-state index in [2.05, 4.69) is 5.73 Å². The van der Waals surface area contributed by atoms with Crippen LogP contribution in [0.25, 0.3) is 0 Å². The maximum Gasteiger partial charge on any atom is 2.00 e. The molecule has 0 aliphatic heterocycles. The number of rotatable bonds is 0. The van der Waals surface area contributed by atoms with E-state index in [4.69, 9.17) is 0 Å². The maximum absolute atomic E-state index is 4.50. The van der Waals surface area contributed by atoms with Crippen molar-refractivity contribution in [3.05, 3.63) is 0 Å². The molecule has 7 heteroatoms. The average Bonchev–Trinajstić information content (AvgIpc) is 1.00. The first-order chi connectivity index (χ1) is 1.00. The van der Waals surface area contributed by atoms with Crippen LogP contribution in [0, 0.1) is 0 Å². The first-order valence-corrected chi connectivity index (χ1v) is 0.577. The van der Waals surface area contributed by atoms with Crippen molar-refractivity contribution >= 4 is 65.0 Å². The molecule has 0 bridgehead atoms. The van der Waals surface area contributed by atoms with E-state index in [1.165, 1.54) is 7.05 Å². The molecule has 0 saturated heterocycles. The molecular weight excluding hydrogens is 781 g/mol. The molecule has 1 nitrogen and oxygen atoms in total. The smallest absolute Gasteiger partial charge is 1.00 e. The summed E-state index contributed by atoms with van der Waals surface area (Å²) < 4.78 is 0. The summed E-state index contributed by atoms with van der Waals surface area (Å²) in [6, 6.07) is 0. The van der Waals surface area contributed by atoms with Crippen molar-refractivity contribution < 1.29 is 95.9 Å². The molecule has 0 aliphatic carbocycles. The van der Waals surface area contributed by atoms with Crippen molar-refractivity contribution in [2.75, 3.05) is 7.05 Å². The van der Waals surface area contributed by atoms with Crippen LogP contribution in [0.1, 0.15) is 0 Å². The quantitative estimate of drug-likeness (QED) is 0.192. The normalized spacial score (nSPS) is 0.750. The second kappa shape index (κ2) is 57.6. The fraction of sp³-hybridized carbons (Fsp3) is 1.00. The Morgan fingerprint density at radius 1 is 0.750 bits per heavy atom. The zero-order valence-corrected chi connectivity index (χ0v) is 19.0. The molecule has 0 spiro atoms. The van der Waals surface area contributed by atoms with Crippen molar-refractivity contribution in [1.29, 1.82) is 0 Å². The van der Waals surface area contributed by atoms with Gasteiger partial charge >= 0.3 is 65.0 Å². The van der Waals surface area contributed by atoms with E-state index in [9.17, 15) is 0 Å². The predicted molar refractivity (Wildman–Crippen MR) is 21.6 cm³/mol. The maximum atomic E-state index is 4.50. The number of halogens is 4. The van der Waals surface area contributed by atoms with Gasteiger partial charge in [0.05, 0.1) is 0 Å². The van der Waals surface area contributed by atoms with Crippen LogP contribution in [0.2, 0.25) is 0 Å². The molecule has 8 heavy (non-hydrogen) atoms. The summed E-state index contributed by atoms with van der Waals surface area (Å²) in [4.78, 5) is 0. The van der Waals surface area contributed by atoms with Gasteiger partial charge in [0.2, 0.25) is 0 Å². The topological polar surface area (TPSA) is 26.0 Å². The Hall–Kier alpha value is 5.06. The third kappa shape index (κ3) is 43.7. The van der Waals surface area contributed by atoms with E-state index in [-0.39, 0.29) is 161 Å². The molecule has 0 aromatic carbocycles. The van der Waals surface area contributed by atoms with Gasteiger partial charge in [-0.25, -0.2) is 0 Å². The van der Waals surface area contributed by atoms with Crippen molar-refractivity contribution in [2.24, 2.45) is 5.73 Å². The Morgan fingerprint density at radius 3 is 0.750 bits per heavy atom. The average molecular weight is 786 g/mol. The summed E-state index contributed by atoms with van der Waals surface area (Å²) in [5, 5.41) is 0.